The minimum atomic E-state index is 0.183. The normalized spacial score (nSPS) is 32.0. The molecule has 2 N–H and O–H groups in total. The van der Waals surface area contributed by atoms with Crippen LogP contribution in [-0.4, -0.2) is 35.5 Å². The summed E-state index contributed by atoms with van der Waals surface area (Å²) < 4.78 is 0. The number of nitrogens with one attached hydrogen (secondary N) is 1. The molecule has 1 heterocycles. The Morgan fingerprint density at radius 3 is 2.91 bits per heavy atom. The molecule has 2 unspecified atom stereocenters. The standard InChI is InChI=1S/C8H16N2O/c1-7-2-3-8(5-11)10(4-7)6-9/h6-9,11H,2-5H2,1H3. The van der Waals surface area contributed by atoms with Crippen LogP contribution in [0.1, 0.15) is 19.8 Å². The van der Waals surface area contributed by atoms with Crippen LogP contribution in [0.4, 0.5) is 0 Å². The third-order valence-corrected chi connectivity index (χ3v) is 2.36. The molecule has 0 aliphatic carbocycles. The second-order valence-corrected chi connectivity index (χ2v) is 3.34. The molecule has 1 rings (SSSR count). The molecule has 1 aliphatic heterocycles. The van der Waals surface area contributed by atoms with E-state index >= 15 is 0 Å². The summed E-state index contributed by atoms with van der Waals surface area (Å²) in [5.74, 6) is 0.666. The van der Waals surface area contributed by atoms with Crippen molar-refractivity contribution in [1.82, 2.24) is 4.90 Å². The van der Waals surface area contributed by atoms with E-state index in [0.29, 0.717) is 5.92 Å². The molecule has 0 aromatic heterocycles. The molecule has 1 saturated heterocycles. The van der Waals surface area contributed by atoms with E-state index in [1.54, 1.807) is 0 Å². The van der Waals surface area contributed by atoms with Gasteiger partial charge in [-0.1, -0.05) is 6.92 Å². The molecule has 0 bridgehead atoms. The van der Waals surface area contributed by atoms with Gasteiger partial charge in [0.05, 0.1) is 19.0 Å². The fraction of sp³-hybridized carbons (Fsp3) is 0.875. The Kier molecular flexibility index (Phi) is 2.88. The van der Waals surface area contributed by atoms with Crippen molar-refractivity contribution in [2.75, 3.05) is 13.2 Å². The second-order valence-electron chi connectivity index (χ2n) is 3.34. The molecule has 11 heavy (non-hydrogen) atoms. The van der Waals surface area contributed by atoms with Gasteiger partial charge in [-0.05, 0) is 18.8 Å². The first-order chi connectivity index (χ1) is 5.27. The lowest BCUT2D eigenvalue weighted by Gasteiger charge is -2.35. The van der Waals surface area contributed by atoms with Gasteiger partial charge in [-0.2, -0.15) is 0 Å². The Balaban J connectivity index is 2.47. The zero-order valence-corrected chi connectivity index (χ0v) is 6.95. The molecule has 0 amide bonds. The number of hydrogen-bond acceptors (Lipinski definition) is 2. The number of likely N-dealkylation sites (tertiary alicyclic amines) is 1. The van der Waals surface area contributed by atoms with Gasteiger partial charge in [0, 0.05) is 6.54 Å². The Morgan fingerprint density at radius 1 is 1.64 bits per heavy atom. The van der Waals surface area contributed by atoms with E-state index < -0.39 is 0 Å². The fourth-order valence-electron chi connectivity index (χ4n) is 1.60. The Labute approximate surface area is 67.5 Å². The number of nitrogens with zero attached hydrogens (tertiary/aromatic N) is 1. The van der Waals surface area contributed by atoms with Gasteiger partial charge in [0.15, 0.2) is 0 Å². The maximum absolute atomic E-state index is 8.93. The summed E-state index contributed by atoms with van der Waals surface area (Å²) in [6, 6.07) is 0.198. The van der Waals surface area contributed by atoms with Crippen LogP contribution in [0.25, 0.3) is 0 Å². The second kappa shape index (κ2) is 3.72. The van der Waals surface area contributed by atoms with Crippen molar-refractivity contribution in [2.45, 2.75) is 25.8 Å². The molecule has 1 fully saturated rings. The first-order valence-electron chi connectivity index (χ1n) is 4.15. The van der Waals surface area contributed by atoms with E-state index in [1.807, 2.05) is 4.90 Å². The SMILES string of the molecule is CC1CCC(CO)N(C=N)C1. The van der Waals surface area contributed by atoms with E-state index in [2.05, 4.69) is 6.92 Å². The van der Waals surface area contributed by atoms with Crippen LogP contribution in [0.2, 0.25) is 0 Å². The molecule has 3 heteroatoms. The predicted octanol–water partition coefficient (Wildman–Crippen LogP) is 0.686. The molecule has 1 aliphatic rings. The van der Waals surface area contributed by atoms with Crippen molar-refractivity contribution in [3.05, 3.63) is 0 Å². The quantitative estimate of drug-likeness (QED) is 0.456. The van der Waals surface area contributed by atoms with E-state index in [4.69, 9.17) is 10.5 Å². The van der Waals surface area contributed by atoms with Crippen molar-refractivity contribution in [2.24, 2.45) is 5.92 Å². The van der Waals surface area contributed by atoms with Crippen LogP contribution in [0.5, 0.6) is 0 Å². The molecule has 0 aromatic rings. The van der Waals surface area contributed by atoms with Gasteiger partial charge in [0.1, 0.15) is 0 Å². The highest BCUT2D eigenvalue weighted by molar-refractivity contribution is 5.51. The molecule has 0 spiro atoms. The minimum Gasteiger partial charge on any atom is -0.394 e. The average Bonchev–Trinajstić information content (AvgIpc) is 2.04. The van der Waals surface area contributed by atoms with Gasteiger partial charge in [0.2, 0.25) is 0 Å². The van der Waals surface area contributed by atoms with Gasteiger partial charge in [-0.15, -0.1) is 0 Å². The minimum absolute atomic E-state index is 0.183. The number of piperidine rings is 1. The Hall–Kier alpha value is -0.570. The van der Waals surface area contributed by atoms with Crippen molar-refractivity contribution in [1.29, 1.82) is 5.41 Å². The van der Waals surface area contributed by atoms with Crippen LogP contribution in [0, 0.1) is 11.3 Å². The lowest BCUT2D eigenvalue weighted by atomic mass is 9.95. The van der Waals surface area contributed by atoms with Crippen molar-refractivity contribution in [3.63, 3.8) is 0 Å². The van der Waals surface area contributed by atoms with E-state index in [0.717, 1.165) is 13.0 Å². The summed E-state index contributed by atoms with van der Waals surface area (Å²) in [5.41, 5.74) is 0. The van der Waals surface area contributed by atoms with Crippen molar-refractivity contribution in [3.8, 4) is 0 Å². The zero-order chi connectivity index (χ0) is 8.27. The summed E-state index contributed by atoms with van der Waals surface area (Å²) >= 11 is 0. The van der Waals surface area contributed by atoms with Gasteiger partial charge >= 0.3 is 0 Å². The number of aliphatic hydroxyl groups excluding tert-OH is 1. The van der Waals surface area contributed by atoms with Crippen LogP contribution >= 0.6 is 0 Å². The highest BCUT2D eigenvalue weighted by Crippen LogP contribution is 2.19. The van der Waals surface area contributed by atoms with E-state index in [1.165, 1.54) is 12.8 Å². The van der Waals surface area contributed by atoms with Crippen molar-refractivity contribution >= 4 is 6.34 Å². The molecule has 0 radical (unpaired) electrons. The van der Waals surface area contributed by atoms with Gasteiger partial charge in [0.25, 0.3) is 0 Å². The molecule has 64 valence electrons. The molecule has 2 atom stereocenters. The topological polar surface area (TPSA) is 47.3 Å². The van der Waals surface area contributed by atoms with Crippen LogP contribution in [-0.2, 0) is 0 Å². The molecular weight excluding hydrogens is 140 g/mol. The fourth-order valence-corrected chi connectivity index (χ4v) is 1.60. The summed E-state index contributed by atoms with van der Waals surface area (Å²) in [6.07, 6.45) is 3.54. The van der Waals surface area contributed by atoms with Crippen molar-refractivity contribution < 1.29 is 5.11 Å². The maximum Gasteiger partial charge on any atom is 0.0820 e. The highest BCUT2D eigenvalue weighted by atomic mass is 16.3. The summed E-state index contributed by atoms with van der Waals surface area (Å²) in [4.78, 5) is 1.92. The van der Waals surface area contributed by atoms with Crippen LogP contribution < -0.4 is 0 Å². The number of aliphatic hydroxyl groups is 1. The zero-order valence-electron chi connectivity index (χ0n) is 6.95. The van der Waals surface area contributed by atoms with E-state index in [9.17, 15) is 0 Å². The third-order valence-electron chi connectivity index (χ3n) is 2.36. The first-order valence-corrected chi connectivity index (χ1v) is 4.15. The predicted molar refractivity (Wildman–Crippen MR) is 44.8 cm³/mol. The largest absolute Gasteiger partial charge is 0.394 e. The number of rotatable bonds is 2. The summed E-state index contributed by atoms with van der Waals surface area (Å²) in [7, 11) is 0. The van der Waals surface area contributed by atoms with Gasteiger partial charge < -0.3 is 10.0 Å². The van der Waals surface area contributed by atoms with Gasteiger partial charge in [-0.3, -0.25) is 5.41 Å². The van der Waals surface area contributed by atoms with E-state index in [-0.39, 0.29) is 12.6 Å². The summed E-state index contributed by atoms with van der Waals surface area (Å²) in [5, 5.41) is 16.0. The molecule has 0 aromatic carbocycles. The summed E-state index contributed by atoms with van der Waals surface area (Å²) in [6.45, 7) is 3.29. The Morgan fingerprint density at radius 2 is 2.36 bits per heavy atom. The maximum atomic E-state index is 8.93. The lowest BCUT2D eigenvalue weighted by molar-refractivity contribution is 0.127. The van der Waals surface area contributed by atoms with Crippen LogP contribution in [0.15, 0.2) is 0 Å². The molecular formula is C8H16N2O. The first kappa shape index (κ1) is 8.53. The third kappa shape index (κ3) is 1.93. The smallest absolute Gasteiger partial charge is 0.0820 e. The Bertz CT molecular complexity index is 138. The van der Waals surface area contributed by atoms with Gasteiger partial charge in [-0.25, -0.2) is 0 Å². The highest BCUT2D eigenvalue weighted by Gasteiger charge is 2.22. The number of hydrogen-bond donors (Lipinski definition) is 2. The lowest BCUT2D eigenvalue weighted by Crippen LogP contribution is -2.43. The monoisotopic (exact) mass is 156 g/mol. The molecule has 3 nitrogen and oxygen atoms in total. The van der Waals surface area contributed by atoms with Crippen LogP contribution in [0.3, 0.4) is 0 Å². The average molecular weight is 156 g/mol. The molecule has 0 saturated carbocycles.